The van der Waals surface area contributed by atoms with E-state index >= 15 is 0 Å². The molecule has 0 unspecified atom stereocenters. The van der Waals surface area contributed by atoms with E-state index in [0.29, 0.717) is 17.9 Å². The molecule has 0 atom stereocenters. The minimum absolute atomic E-state index is 0.0511. The Balaban J connectivity index is 1.70. The molecule has 3 heterocycles. The first-order valence-corrected chi connectivity index (χ1v) is 8.14. The molecule has 3 aromatic heterocycles. The summed E-state index contributed by atoms with van der Waals surface area (Å²) in [6, 6.07) is 7.42. The molecule has 0 aromatic carbocycles. The highest BCUT2D eigenvalue weighted by atomic mass is 16.5. The minimum atomic E-state index is -0.0541. The molecule has 0 N–H and O–H groups in total. The fourth-order valence-corrected chi connectivity index (χ4v) is 2.51. The summed E-state index contributed by atoms with van der Waals surface area (Å²) in [5, 5.41) is 4.06. The number of pyridine rings is 1. The molecule has 0 bridgehead atoms. The Kier molecular flexibility index (Phi) is 4.44. The van der Waals surface area contributed by atoms with Crippen LogP contribution in [-0.2, 0) is 12.1 Å². The van der Waals surface area contributed by atoms with Gasteiger partial charge in [-0.25, -0.2) is 0 Å². The van der Waals surface area contributed by atoms with Crippen LogP contribution in [0.2, 0.25) is 0 Å². The van der Waals surface area contributed by atoms with E-state index in [1.165, 1.54) is 0 Å². The first kappa shape index (κ1) is 17.0. The van der Waals surface area contributed by atoms with Gasteiger partial charge in [-0.2, -0.15) is 0 Å². The summed E-state index contributed by atoms with van der Waals surface area (Å²) in [5.41, 5.74) is 2.27. The third-order valence-corrected chi connectivity index (χ3v) is 3.99. The van der Waals surface area contributed by atoms with Crippen molar-refractivity contribution in [3.05, 3.63) is 60.4 Å². The predicted molar refractivity (Wildman–Crippen MR) is 95.0 cm³/mol. The van der Waals surface area contributed by atoms with Gasteiger partial charge in [-0.3, -0.25) is 9.78 Å². The number of amides is 1. The molecule has 6 heteroatoms. The van der Waals surface area contributed by atoms with E-state index in [1.807, 2.05) is 41.2 Å². The van der Waals surface area contributed by atoms with E-state index in [0.717, 1.165) is 11.3 Å². The van der Waals surface area contributed by atoms with Crippen molar-refractivity contribution in [3.63, 3.8) is 0 Å². The van der Waals surface area contributed by atoms with Crippen molar-refractivity contribution in [2.75, 3.05) is 7.05 Å². The van der Waals surface area contributed by atoms with Gasteiger partial charge >= 0.3 is 0 Å². The van der Waals surface area contributed by atoms with Crippen molar-refractivity contribution < 1.29 is 9.32 Å². The lowest BCUT2D eigenvalue weighted by molar-refractivity contribution is 0.0772. The molecule has 3 aromatic rings. The zero-order valence-electron chi connectivity index (χ0n) is 14.9. The van der Waals surface area contributed by atoms with Crippen molar-refractivity contribution in [1.29, 1.82) is 0 Å². The van der Waals surface area contributed by atoms with Gasteiger partial charge in [0, 0.05) is 49.0 Å². The first-order valence-electron chi connectivity index (χ1n) is 8.14. The highest BCUT2D eigenvalue weighted by molar-refractivity contribution is 5.93. The summed E-state index contributed by atoms with van der Waals surface area (Å²) in [7, 11) is 1.76. The third-order valence-electron chi connectivity index (χ3n) is 3.99. The fraction of sp³-hybridized carbons (Fsp3) is 0.316. The Hall–Kier alpha value is -2.89. The minimum Gasteiger partial charge on any atom is -0.359 e. The Morgan fingerprint density at radius 3 is 2.60 bits per heavy atom. The van der Waals surface area contributed by atoms with Crippen molar-refractivity contribution in [2.45, 2.75) is 32.9 Å². The molecule has 0 fully saturated rings. The summed E-state index contributed by atoms with van der Waals surface area (Å²) in [6.07, 6.45) is 7.22. The van der Waals surface area contributed by atoms with Gasteiger partial charge in [0.25, 0.3) is 5.91 Å². The molecule has 0 radical (unpaired) electrons. The number of nitrogens with zero attached hydrogens (tertiary/aromatic N) is 4. The van der Waals surface area contributed by atoms with E-state index in [4.69, 9.17) is 4.52 Å². The molecule has 130 valence electrons. The Morgan fingerprint density at radius 1 is 1.24 bits per heavy atom. The average molecular weight is 338 g/mol. The highest BCUT2D eigenvalue weighted by Crippen LogP contribution is 2.20. The largest absolute Gasteiger partial charge is 0.359 e. The number of hydrogen-bond acceptors (Lipinski definition) is 4. The van der Waals surface area contributed by atoms with Crippen LogP contribution in [-0.4, -0.2) is 32.6 Å². The summed E-state index contributed by atoms with van der Waals surface area (Å²) < 4.78 is 7.40. The van der Waals surface area contributed by atoms with Crippen LogP contribution in [0, 0.1) is 0 Å². The number of rotatable bonds is 4. The van der Waals surface area contributed by atoms with E-state index in [1.54, 1.807) is 24.3 Å². The summed E-state index contributed by atoms with van der Waals surface area (Å²) in [5.74, 6) is 0.586. The topological polar surface area (TPSA) is 64.2 Å². The Labute approximate surface area is 147 Å². The van der Waals surface area contributed by atoms with Crippen molar-refractivity contribution in [1.82, 2.24) is 19.6 Å². The number of hydrogen-bond donors (Lipinski definition) is 0. The van der Waals surface area contributed by atoms with E-state index in [-0.39, 0.29) is 11.4 Å². The number of carbonyl (C=O) groups is 1. The molecule has 3 rings (SSSR count). The number of aromatic nitrogens is 3. The molecule has 1 amide bonds. The van der Waals surface area contributed by atoms with Crippen molar-refractivity contribution in [3.8, 4) is 11.3 Å². The average Bonchev–Trinajstić information content (AvgIpc) is 3.24. The monoisotopic (exact) mass is 338 g/mol. The second-order valence-corrected chi connectivity index (χ2v) is 7.05. The second-order valence-electron chi connectivity index (χ2n) is 7.05. The lowest BCUT2D eigenvalue weighted by Crippen LogP contribution is -2.26. The van der Waals surface area contributed by atoms with Gasteiger partial charge in [-0.15, -0.1) is 0 Å². The van der Waals surface area contributed by atoms with Crippen LogP contribution >= 0.6 is 0 Å². The SMILES string of the molecule is CN(Cc1cc(-c2ccncc2)no1)C(=O)c1ccn(C(C)(C)C)c1. The molecule has 0 saturated heterocycles. The normalized spacial score (nSPS) is 11.5. The van der Waals surface area contributed by atoms with Crippen LogP contribution in [0.3, 0.4) is 0 Å². The standard InChI is InChI=1S/C19H22N4O2/c1-19(2,3)23-10-7-15(12-23)18(24)22(4)13-16-11-17(21-25-16)14-5-8-20-9-6-14/h5-12H,13H2,1-4H3. The smallest absolute Gasteiger partial charge is 0.255 e. The van der Waals surface area contributed by atoms with Crippen molar-refractivity contribution in [2.24, 2.45) is 0 Å². The van der Waals surface area contributed by atoms with Gasteiger partial charge in [-0.1, -0.05) is 5.16 Å². The molecule has 0 aliphatic rings. The highest BCUT2D eigenvalue weighted by Gasteiger charge is 2.19. The summed E-state index contributed by atoms with van der Waals surface area (Å²) >= 11 is 0. The fourth-order valence-electron chi connectivity index (χ4n) is 2.51. The molecular formula is C19H22N4O2. The van der Waals surface area contributed by atoms with Gasteiger partial charge < -0.3 is 14.0 Å². The summed E-state index contributed by atoms with van der Waals surface area (Å²) in [6.45, 7) is 6.65. The van der Waals surface area contributed by atoms with Gasteiger partial charge in [0.05, 0.1) is 12.1 Å². The van der Waals surface area contributed by atoms with Gasteiger partial charge in [0.2, 0.25) is 0 Å². The molecule has 0 spiro atoms. The maximum atomic E-state index is 12.6. The van der Waals surface area contributed by atoms with Crippen LogP contribution in [0.5, 0.6) is 0 Å². The third kappa shape index (κ3) is 3.79. The molecule has 0 aliphatic carbocycles. The molecule has 0 aliphatic heterocycles. The summed E-state index contributed by atoms with van der Waals surface area (Å²) in [4.78, 5) is 18.2. The molecule has 6 nitrogen and oxygen atoms in total. The van der Waals surface area contributed by atoms with E-state index in [9.17, 15) is 4.79 Å². The van der Waals surface area contributed by atoms with E-state index in [2.05, 4.69) is 30.9 Å². The lowest BCUT2D eigenvalue weighted by Gasteiger charge is -2.21. The van der Waals surface area contributed by atoms with Crippen molar-refractivity contribution >= 4 is 5.91 Å². The van der Waals surface area contributed by atoms with Crippen LogP contribution in [0.15, 0.2) is 53.6 Å². The van der Waals surface area contributed by atoms with Gasteiger partial charge in [0.1, 0.15) is 5.69 Å². The Morgan fingerprint density at radius 2 is 1.96 bits per heavy atom. The predicted octanol–water partition coefficient (Wildman–Crippen LogP) is 3.57. The zero-order chi connectivity index (χ0) is 18.0. The molecular weight excluding hydrogens is 316 g/mol. The first-order chi connectivity index (χ1) is 11.8. The van der Waals surface area contributed by atoms with Crippen LogP contribution in [0.25, 0.3) is 11.3 Å². The quantitative estimate of drug-likeness (QED) is 0.729. The maximum Gasteiger partial charge on any atom is 0.255 e. The molecule has 25 heavy (non-hydrogen) atoms. The lowest BCUT2D eigenvalue weighted by atomic mass is 10.1. The van der Waals surface area contributed by atoms with Gasteiger partial charge in [-0.05, 0) is 39.0 Å². The maximum absolute atomic E-state index is 12.6. The zero-order valence-corrected chi connectivity index (χ0v) is 14.9. The van der Waals surface area contributed by atoms with Gasteiger partial charge in [0.15, 0.2) is 5.76 Å². The van der Waals surface area contributed by atoms with Crippen LogP contribution < -0.4 is 0 Å². The second kappa shape index (κ2) is 6.55. The number of carbonyl (C=O) groups excluding carboxylic acids is 1. The van der Waals surface area contributed by atoms with E-state index < -0.39 is 0 Å². The van der Waals surface area contributed by atoms with Crippen LogP contribution in [0.1, 0.15) is 36.9 Å². The Bertz CT molecular complexity index is 859. The van der Waals surface area contributed by atoms with Crippen LogP contribution in [0.4, 0.5) is 0 Å². The molecule has 0 saturated carbocycles.